The zero-order valence-corrected chi connectivity index (χ0v) is 38.6. The Labute approximate surface area is 385 Å². The van der Waals surface area contributed by atoms with E-state index in [1.807, 2.05) is 22.6 Å². The number of carbonyl (C=O) groups excluding carboxylic acids is 1. The van der Waals surface area contributed by atoms with E-state index < -0.39 is 121 Å². The fourth-order valence-corrected chi connectivity index (χ4v) is 11.4. The van der Waals surface area contributed by atoms with Crippen LogP contribution in [0.25, 0.3) is 22.0 Å². The molecule has 0 spiro atoms. The predicted octanol–water partition coefficient (Wildman–Crippen LogP) is 8.42. The maximum atomic E-state index is 15.5. The van der Waals surface area contributed by atoms with Crippen LogP contribution in [-0.4, -0.2) is 70.0 Å². The van der Waals surface area contributed by atoms with Crippen LogP contribution < -0.4 is 10.0 Å². The molecule has 1 unspecified atom stereocenters. The first-order valence-electron chi connectivity index (χ1n) is 19.7. The van der Waals surface area contributed by atoms with Gasteiger partial charge in [-0.2, -0.15) is 19.0 Å². The zero-order chi connectivity index (χ0) is 47.3. The maximum Gasteiger partial charge on any atom is 0.293 e. The summed E-state index contributed by atoms with van der Waals surface area (Å²) < 4.78 is 171. The van der Waals surface area contributed by atoms with Gasteiger partial charge in [0.1, 0.15) is 46.6 Å². The topological polar surface area (TPSA) is 158 Å². The molecule has 12 nitrogen and oxygen atoms in total. The summed E-state index contributed by atoms with van der Waals surface area (Å²) in [4.78, 5) is 18.9. The molecular formula is C41H35ClF8IN7O5S2. The van der Waals surface area contributed by atoms with Gasteiger partial charge in [0.15, 0.2) is 15.7 Å². The van der Waals surface area contributed by atoms with E-state index in [1.165, 1.54) is 32.0 Å². The standard InChI is InChI=1S/C41H35ClF8IN7O5S2/c1-40(2,65(62,63)21-4-5-21)9-8-28-27(51)15-23(22-6-7-26(42)33-36(22)57(16-30(45)46)55-39(33)56-64(3,60)61)34(53-28)29(12-18-10-19(43)13-20(44)11-18)52-31(59)17-58-37-32(35(54-58)38(47)48)24-14-25(24)41(37,49)50/h6-7,10-11,13,15,21,24-25,29-30,38H,4-5,12,14,16-17H2,1-3H3,(H,52,59)(H,55,56)/t24-,25?,29-/m0/s1. The first-order chi connectivity index (χ1) is 30.3. The molecule has 0 radical (unpaired) electrons. The molecule has 2 saturated carbocycles. The van der Waals surface area contributed by atoms with Gasteiger partial charge < -0.3 is 5.32 Å². The number of pyridine rings is 1. The lowest BCUT2D eigenvalue weighted by Crippen LogP contribution is -2.35. The van der Waals surface area contributed by atoms with Crippen molar-refractivity contribution in [1.82, 2.24) is 29.9 Å². The molecule has 3 heterocycles. The van der Waals surface area contributed by atoms with Crippen molar-refractivity contribution in [2.45, 2.75) is 93.4 Å². The molecular weight excluding hydrogens is 1050 g/mol. The molecule has 8 rings (SSSR count). The number of fused-ring (bicyclic) bond motifs is 4. The Kier molecular flexibility index (Phi) is 12.0. The van der Waals surface area contributed by atoms with Crippen molar-refractivity contribution in [2.24, 2.45) is 5.92 Å². The van der Waals surface area contributed by atoms with Gasteiger partial charge >= 0.3 is 0 Å². The monoisotopic (exact) mass is 1080 g/mol. The number of rotatable bonds is 14. The molecule has 2 N–H and O–H groups in total. The molecule has 2 aromatic carbocycles. The summed E-state index contributed by atoms with van der Waals surface area (Å²) in [6.07, 6.45) is -5.15. The second-order valence-electron chi connectivity index (χ2n) is 16.7. The number of hydrogen-bond donors (Lipinski definition) is 2. The summed E-state index contributed by atoms with van der Waals surface area (Å²) in [5.74, 6) is -3.73. The van der Waals surface area contributed by atoms with E-state index in [4.69, 9.17) is 16.6 Å². The highest BCUT2D eigenvalue weighted by molar-refractivity contribution is 14.1. The second-order valence-corrected chi connectivity index (χ2v) is 22.7. The SMILES string of the molecule is CC(C)(C#Cc1nc([C@H](Cc2cc(F)cc(F)c2)NC(=O)Cn2nc(C(F)F)c3c2C(F)(F)C2C[C@H]32)c(-c2ccc(Cl)c3c(NS(C)(=O)=O)nn(CC(F)F)c23)cc1I)S(=O)(=O)C1CC1. The van der Waals surface area contributed by atoms with Crippen molar-refractivity contribution < 1.29 is 56.8 Å². The number of sulfone groups is 1. The molecule has 65 heavy (non-hydrogen) atoms. The van der Waals surface area contributed by atoms with Gasteiger partial charge in [-0.15, -0.1) is 0 Å². The summed E-state index contributed by atoms with van der Waals surface area (Å²) in [5.41, 5.74) is -2.58. The van der Waals surface area contributed by atoms with Gasteiger partial charge in [-0.05, 0) is 104 Å². The van der Waals surface area contributed by atoms with Crippen LogP contribution in [0.5, 0.6) is 0 Å². The lowest BCUT2D eigenvalue weighted by molar-refractivity contribution is -0.123. The average molecular weight is 1080 g/mol. The van der Waals surface area contributed by atoms with E-state index in [2.05, 4.69) is 32.1 Å². The van der Waals surface area contributed by atoms with E-state index in [1.54, 1.807) is 0 Å². The van der Waals surface area contributed by atoms with Crippen LogP contribution in [0.2, 0.25) is 5.02 Å². The highest BCUT2D eigenvalue weighted by Crippen LogP contribution is 2.68. The highest BCUT2D eigenvalue weighted by atomic mass is 127. The summed E-state index contributed by atoms with van der Waals surface area (Å²) in [6, 6.07) is 5.01. The third-order valence-electron chi connectivity index (χ3n) is 11.4. The number of nitrogens with zero attached hydrogens (tertiary/aromatic N) is 5. The van der Waals surface area contributed by atoms with Gasteiger partial charge in [0.2, 0.25) is 15.9 Å². The van der Waals surface area contributed by atoms with Crippen LogP contribution in [0.15, 0.2) is 36.4 Å². The molecule has 0 aliphatic heterocycles. The van der Waals surface area contributed by atoms with Crippen molar-refractivity contribution in [3.8, 4) is 23.0 Å². The summed E-state index contributed by atoms with van der Waals surface area (Å²) in [5, 5.41) is 9.57. The third-order valence-corrected chi connectivity index (χ3v) is 16.0. The molecule has 346 valence electrons. The molecule has 1 amide bonds. The molecule has 3 aromatic heterocycles. The van der Waals surface area contributed by atoms with Crippen LogP contribution in [0, 0.1) is 33.0 Å². The summed E-state index contributed by atoms with van der Waals surface area (Å²) in [6.45, 7) is 0.691. The Morgan fingerprint density at radius 1 is 1.00 bits per heavy atom. The minimum atomic E-state index is -4.09. The minimum absolute atomic E-state index is 0.00145. The first kappa shape index (κ1) is 47.0. The number of aromatic nitrogens is 5. The van der Waals surface area contributed by atoms with Crippen LogP contribution >= 0.6 is 34.2 Å². The van der Waals surface area contributed by atoms with Crippen molar-refractivity contribution in [1.29, 1.82) is 0 Å². The van der Waals surface area contributed by atoms with Crippen molar-refractivity contribution >= 4 is 76.7 Å². The quantitative estimate of drug-likeness (QED) is 0.0638. The van der Waals surface area contributed by atoms with E-state index in [0.29, 0.717) is 23.6 Å². The maximum absolute atomic E-state index is 15.5. The number of anilines is 1. The van der Waals surface area contributed by atoms with Crippen molar-refractivity contribution in [3.05, 3.63) is 90.5 Å². The van der Waals surface area contributed by atoms with Gasteiger partial charge in [0.05, 0.1) is 39.2 Å². The summed E-state index contributed by atoms with van der Waals surface area (Å²) >= 11 is 8.42. The fraction of sp³-hybridized carbons (Fsp3) is 0.415. The van der Waals surface area contributed by atoms with Crippen LogP contribution in [0.1, 0.15) is 85.4 Å². The van der Waals surface area contributed by atoms with E-state index in [0.717, 1.165) is 23.1 Å². The van der Waals surface area contributed by atoms with E-state index >= 15 is 8.78 Å². The molecule has 24 heteroatoms. The number of alkyl halides is 6. The number of hydrogen-bond acceptors (Lipinski definition) is 8. The Morgan fingerprint density at radius 3 is 2.29 bits per heavy atom. The molecule has 3 atom stereocenters. The molecule has 3 aliphatic rings. The first-order valence-corrected chi connectivity index (χ1v) is 24.6. The fourth-order valence-electron chi connectivity index (χ4n) is 8.29. The molecule has 3 aliphatic carbocycles. The Morgan fingerprint density at radius 2 is 1.68 bits per heavy atom. The third kappa shape index (κ3) is 9.03. The van der Waals surface area contributed by atoms with E-state index in [-0.39, 0.29) is 59.6 Å². The van der Waals surface area contributed by atoms with Crippen LogP contribution in [0.4, 0.5) is 40.9 Å². The van der Waals surface area contributed by atoms with Crippen LogP contribution in [0.3, 0.4) is 0 Å². The largest absolute Gasteiger partial charge is 0.346 e. The van der Waals surface area contributed by atoms with Gasteiger partial charge in [-0.25, -0.2) is 48.2 Å². The zero-order valence-electron chi connectivity index (χ0n) is 34.0. The molecule has 0 bridgehead atoms. The predicted molar refractivity (Wildman–Crippen MR) is 231 cm³/mol. The second kappa shape index (κ2) is 16.7. The normalized spacial score (nSPS) is 18.4. The smallest absolute Gasteiger partial charge is 0.293 e. The van der Waals surface area contributed by atoms with Crippen molar-refractivity contribution in [3.63, 3.8) is 0 Å². The number of nitrogens with one attached hydrogen (secondary N) is 2. The number of benzene rings is 2. The molecule has 5 aromatic rings. The Hall–Kier alpha value is -4.54. The Bertz CT molecular complexity index is 3080. The summed E-state index contributed by atoms with van der Waals surface area (Å²) in [7, 11) is -7.85. The number of sulfonamides is 1. The lowest BCUT2D eigenvalue weighted by Gasteiger charge is -2.24. The minimum Gasteiger partial charge on any atom is -0.346 e. The van der Waals surface area contributed by atoms with Gasteiger partial charge in [-0.3, -0.25) is 18.9 Å². The van der Waals surface area contributed by atoms with Gasteiger partial charge in [-0.1, -0.05) is 23.6 Å². The lowest BCUT2D eigenvalue weighted by atomic mass is 9.93. The number of amides is 1. The number of halogens is 10. The Balaban J connectivity index is 1.34. The van der Waals surface area contributed by atoms with Gasteiger partial charge in [0.25, 0.3) is 18.8 Å². The van der Waals surface area contributed by atoms with Crippen LogP contribution in [-0.2, 0) is 50.1 Å². The average Bonchev–Trinajstić information content (AvgIpc) is 4.10. The van der Waals surface area contributed by atoms with Crippen molar-refractivity contribution in [2.75, 3.05) is 11.0 Å². The van der Waals surface area contributed by atoms with E-state index in [9.17, 15) is 48.0 Å². The molecule has 0 saturated heterocycles. The van der Waals surface area contributed by atoms with Gasteiger partial charge in [0, 0.05) is 32.2 Å². The highest BCUT2D eigenvalue weighted by Gasteiger charge is 2.67. The number of carbonyl (C=O) groups is 1. The molecule has 2 fully saturated rings.